The molecule has 0 bridgehead atoms. The van der Waals surface area contributed by atoms with Gasteiger partial charge >= 0.3 is 6.18 Å². The molecule has 0 spiro atoms. The Balaban J connectivity index is 2.09. The number of nitrogens with two attached hydrogens (primary N) is 1. The molecule has 0 unspecified atom stereocenters. The number of ether oxygens (including phenoxy) is 2. The molecule has 28 heavy (non-hydrogen) atoms. The number of pyridine rings is 1. The molecule has 0 saturated carbocycles. The first kappa shape index (κ1) is 21.4. The second kappa shape index (κ2) is 8.83. The fourth-order valence-corrected chi connectivity index (χ4v) is 2.79. The normalized spacial score (nSPS) is 11.0. The van der Waals surface area contributed by atoms with Crippen molar-refractivity contribution in [2.45, 2.75) is 11.2 Å². The number of nitrogens with one attached hydrogen (secondary N) is 1. The van der Waals surface area contributed by atoms with E-state index < -0.39 is 23.6 Å². The molecule has 2 rings (SSSR count). The lowest BCUT2D eigenvalue weighted by molar-refractivity contribution is -0.137. The molecular weight excluding hydrogens is 399 g/mol. The molecule has 150 valence electrons. The van der Waals surface area contributed by atoms with Crippen molar-refractivity contribution in [2.75, 3.05) is 25.3 Å². The van der Waals surface area contributed by atoms with Crippen LogP contribution in [0.25, 0.3) is 0 Å². The van der Waals surface area contributed by atoms with Gasteiger partial charge in [-0.2, -0.15) is 13.2 Å². The van der Waals surface area contributed by atoms with E-state index in [4.69, 9.17) is 15.2 Å². The molecule has 0 aliphatic heterocycles. The lowest BCUT2D eigenvalue weighted by Crippen LogP contribution is -2.20. The number of primary amides is 1. The van der Waals surface area contributed by atoms with Crippen LogP contribution in [-0.2, 0) is 11.0 Å². The van der Waals surface area contributed by atoms with Gasteiger partial charge in [-0.3, -0.25) is 9.59 Å². The molecule has 0 aliphatic rings. The number of anilines is 1. The summed E-state index contributed by atoms with van der Waals surface area (Å²) in [6, 6.07) is 4.78. The van der Waals surface area contributed by atoms with Gasteiger partial charge in [-0.05, 0) is 18.2 Å². The molecule has 3 N–H and O–H groups in total. The van der Waals surface area contributed by atoms with Crippen LogP contribution in [0.1, 0.15) is 15.9 Å². The predicted molar refractivity (Wildman–Crippen MR) is 96.7 cm³/mol. The summed E-state index contributed by atoms with van der Waals surface area (Å²) in [7, 11) is 2.77. The number of hydrogen-bond acceptors (Lipinski definition) is 6. The van der Waals surface area contributed by atoms with Crippen LogP contribution < -0.4 is 20.5 Å². The summed E-state index contributed by atoms with van der Waals surface area (Å²) in [6.07, 6.45) is -3.79. The fourth-order valence-electron chi connectivity index (χ4n) is 2.15. The summed E-state index contributed by atoms with van der Waals surface area (Å²) in [4.78, 5) is 27.5. The first-order valence-electron chi connectivity index (χ1n) is 7.67. The van der Waals surface area contributed by atoms with Crippen LogP contribution in [0.15, 0.2) is 35.5 Å². The zero-order chi connectivity index (χ0) is 20.9. The van der Waals surface area contributed by atoms with E-state index in [0.29, 0.717) is 6.20 Å². The zero-order valence-corrected chi connectivity index (χ0v) is 15.6. The van der Waals surface area contributed by atoms with Crippen LogP contribution in [-0.4, -0.2) is 36.8 Å². The summed E-state index contributed by atoms with van der Waals surface area (Å²) in [6.45, 7) is 0. The highest BCUT2D eigenvalue weighted by Crippen LogP contribution is 2.33. The van der Waals surface area contributed by atoms with E-state index in [1.165, 1.54) is 32.4 Å². The van der Waals surface area contributed by atoms with E-state index in [9.17, 15) is 22.8 Å². The van der Waals surface area contributed by atoms with Gasteiger partial charge in [0.05, 0.1) is 41.8 Å². The highest BCUT2D eigenvalue weighted by Gasteiger charge is 2.30. The molecule has 7 nitrogen and oxygen atoms in total. The summed E-state index contributed by atoms with van der Waals surface area (Å²) in [5, 5.41) is 2.76. The number of hydrogen-bond donors (Lipinski definition) is 2. The topological polar surface area (TPSA) is 104 Å². The Kier molecular flexibility index (Phi) is 6.73. The Morgan fingerprint density at radius 1 is 1.18 bits per heavy atom. The Hall–Kier alpha value is -2.95. The van der Waals surface area contributed by atoms with Crippen molar-refractivity contribution in [2.24, 2.45) is 5.73 Å². The first-order chi connectivity index (χ1) is 13.2. The number of carbonyl (C=O) groups excluding carboxylic acids is 2. The number of methoxy groups -OCH3 is 2. The fraction of sp³-hybridized carbons (Fsp3) is 0.235. The number of alkyl halides is 3. The number of halogens is 3. The zero-order valence-electron chi connectivity index (χ0n) is 14.8. The maximum Gasteiger partial charge on any atom is 0.417 e. The van der Waals surface area contributed by atoms with Gasteiger partial charge in [0.1, 0.15) is 0 Å². The summed E-state index contributed by atoms with van der Waals surface area (Å²) in [5.74, 6) is -0.905. The molecule has 0 fully saturated rings. The third-order valence-electron chi connectivity index (χ3n) is 3.48. The van der Waals surface area contributed by atoms with Crippen molar-refractivity contribution in [3.63, 3.8) is 0 Å². The number of amides is 2. The molecule has 11 heteroatoms. The van der Waals surface area contributed by atoms with Crippen LogP contribution in [0, 0.1) is 0 Å². The third-order valence-corrected chi connectivity index (χ3v) is 4.42. The van der Waals surface area contributed by atoms with Gasteiger partial charge in [-0.1, -0.05) is 11.8 Å². The second-order valence-corrected chi connectivity index (χ2v) is 6.33. The van der Waals surface area contributed by atoms with E-state index >= 15 is 0 Å². The molecule has 2 aromatic rings. The van der Waals surface area contributed by atoms with E-state index in [2.05, 4.69) is 10.3 Å². The molecule has 1 aromatic heterocycles. The molecule has 0 radical (unpaired) electrons. The average Bonchev–Trinajstić information content (AvgIpc) is 2.65. The van der Waals surface area contributed by atoms with Gasteiger partial charge in [-0.25, -0.2) is 4.98 Å². The maximum atomic E-state index is 12.5. The molecular formula is C17H16F3N3O4S. The number of thioether (sulfide) groups is 1. The van der Waals surface area contributed by atoms with Crippen LogP contribution in [0.3, 0.4) is 0 Å². The molecule has 1 heterocycles. The molecule has 2 amide bonds. The van der Waals surface area contributed by atoms with E-state index in [1.54, 1.807) is 0 Å². The van der Waals surface area contributed by atoms with Crippen molar-refractivity contribution < 1.29 is 32.2 Å². The summed E-state index contributed by atoms with van der Waals surface area (Å²) < 4.78 is 47.8. The molecule has 0 atom stereocenters. The molecule has 1 aromatic carbocycles. The van der Waals surface area contributed by atoms with Gasteiger partial charge in [0, 0.05) is 12.3 Å². The van der Waals surface area contributed by atoms with Gasteiger partial charge in [0.2, 0.25) is 5.91 Å². The number of nitrogens with zero attached hydrogens (tertiary/aromatic N) is 1. The minimum absolute atomic E-state index is 0.0173. The monoisotopic (exact) mass is 415 g/mol. The van der Waals surface area contributed by atoms with Crippen LogP contribution in [0.4, 0.5) is 18.9 Å². The Labute approximate surface area is 162 Å². The number of carbonyl (C=O) groups is 2. The Morgan fingerprint density at radius 3 is 2.32 bits per heavy atom. The van der Waals surface area contributed by atoms with Crippen LogP contribution in [0.2, 0.25) is 0 Å². The van der Waals surface area contributed by atoms with Crippen LogP contribution in [0.5, 0.6) is 11.5 Å². The number of rotatable bonds is 7. The summed E-state index contributed by atoms with van der Waals surface area (Å²) in [5.41, 5.74) is 4.59. The molecule has 0 aliphatic carbocycles. The van der Waals surface area contributed by atoms with Crippen molar-refractivity contribution in [1.82, 2.24) is 4.98 Å². The highest BCUT2D eigenvalue weighted by atomic mass is 32.2. The summed E-state index contributed by atoms with van der Waals surface area (Å²) >= 11 is 0.936. The number of benzene rings is 1. The van der Waals surface area contributed by atoms with E-state index in [0.717, 1.165) is 17.8 Å². The smallest absolute Gasteiger partial charge is 0.417 e. The first-order valence-corrected chi connectivity index (χ1v) is 8.66. The highest BCUT2D eigenvalue weighted by molar-refractivity contribution is 7.99. The number of aromatic nitrogens is 1. The van der Waals surface area contributed by atoms with E-state index in [1.807, 2.05) is 0 Å². The molecule has 0 saturated heterocycles. The van der Waals surface area contributed by atoms with E-state index in [-0.39, 0.29) is 33.5 Å². The largest absolute Gasteiger partial charge is 0.493 e. The quantitative estimate of drug-likeness (QED) is 0.674. The van der Waals surface area contributed by atoms with Gasteiger partial charge in [0.25, 0.3) is 5.91 Å². The minimum Gasteiger partial charge on any atom is -0.493 e. The maximum absolute atomic E-state index is 12.5. The van der Waals surface area contributed by atoms with Gasteiger partial charge in [-0.15, -0.1) is 0 Å². The second-order valence-electron chi connectivity index (χ2n) is 5.34. The lowest BCUT2D eigenvalue weighted by atomic mass is 10.1. The Bertz CT molecular complexity index is 873. The van der Waals surface area contributed by atoms with Crippen molar-refractivity contribution in [1.29, 1.82) is 0 Å². The minimum atomic E-state index is -4.48. The SMILES string of the molecule is COc1cc(NC(=O)CSc2ccc(C(F)(F)F)cn2)c(C(N)=O)cc1OC. The van der Waals surface area contributed by atoms with Crippen LogP contribution >= 0.6 is 11.8 Å². The standard InChI is InChI=1S/C17H16F3N3O4S/c1-26-12-5-10(16(21)25)11(6-13(12)27-2)23-14(24)8-28-15-4-3-9(7-22-15)17(18,19)20/h3-7H,8H2,1-2H3,(H2,21,25)(H,23,24). The predicted octanol–water partition coefficient (Wildman–Crippen LogP) is 2.95. The third kappa shape index (κ3) is 5.28. The van der Waals surface area contributed by atoms with Crippen molar-refractivity contribution in [3.05, 3.63) is 41.6 Å². The van der Waals surface area contributed by atoms with Gasteiger partial charge in [0.15, 0.2) is 11.5 Å². The van der Waals surface area contributed by atoms with Gasteiger partial charge < -0.3 is 20.5 Å². The lowest BCUT2D eigenvalue weighted by Gasteiger charge is -2.14. The van der Waals surface area contributed by atoms with Crippen molar-refractivity contribution >= 4 is 29.3 Å². The average molecular weight is 415 g/mol. The Morgan fingerprint density at radius 2 is 1.82 bits per heavy atom. The van der Waals surface area contributed by atoms with Crippen molar-refractivity contribution in [3.8, 4) is 11.5 Å².